The zero-order valence-electron chi connectivity index (χ0n) is 19.3. The van der Waals surface area contributed by atoms with Crippen LogP contribution in [0.25, 0.3) is 5.57 Å². The average Bonchev–Trinajstić information content (AvgIpc) is 3.62. The summed E-state index contributed by atoms with van der Waals surface area (Å²) in [6.45, 7) is -0.128. The van der Waals surface area contributed by atoms with Crippen LogP contribution in [-0.4, -0.2) is 39.1 Å². The Balaban J connectivity index is 1.47. The van der Waals surface area contributed by atoms with E-state index < -0.39 is 11.2 Å². The SMILES string of the molecule is O=C(NC1=CC=CC(CC(CO)CO)=CS1)/C(=C/C1CCCC1)c1ccc([S+]([O-])C2CC2)cc1. The molecule has 182 valence electrons. The van der Waals surface area contributed by atoms with Gasteiger partial charge in [0.25, 0.3) is 5.91 Å². The van der Waals surface area contributed by atoms with Crippen LogP contribution >= 0.6 is 11.8 Å². The summed E-state index contributed by atoms with van der Waals surface area (Å²) in [5.41, 5.74) is 2.51. The quantitative estimate of drug-likeness (QED) is 0.321. The first-order chi connectivity index (χ1) is 16.6. The van der Waals surface area contributed by atoms with Crippen LogP contribution in [0.3, 0.4) is 0 Å². The van der Waals surface area contributed by atoms with E-state index in [1.165, 1.54) is 24.6 Å². The second-order valence-corrected chi connectivity index (χ2v) is 11.9. The minimum absolute atomic E-state index is 0.0638. The molecule has 0 bridgehead atoms. The number of thioether (sulfide) groups is 1. The highest BCUT2D eigenvalue weighted by Crippen LogP contribution is 2.35. The number of carbonyl (C=O) groups is 1. The third-order valence-corrected chi connectivity index (χ3v) is 9.17. The molecule has 7 heteroatoms. The normalized spacial score (nSPS) is 20.2. The molecule has 5 nitrogen and oxygen atoms in total. The van der Waals surface area contributed by atoms with Gasteiger partial charge in [0.15, 0.2) is 4.90 Å². The third kappa shape index (κ3) is 6.89. The van der Waals surface area contributed by atoms with Crippen LogP contribution in [0.15, 0.2) is 69.5 Å². The fourth-order valence-electron chi connectivity index (χ4n) is 4.27. The number of aliphatic hydroxyl groups is 2. The van der Waals surface area contributed by atoms with Gasteiger partial charge < -0.3 is 20.1 Å². The number of allylic oxidation sites excluding steroid dienone is 5. The zero-order chi connectivity index (χ0) is 23.9. The van der Waals surface area contributed by atoms with Gasteiger partial charge in [0.2, 0.25) is 0 Å². The highest BCUT2D eigenvalue weighted by atomic mass is 32.2. The summed E-state index contributed by atoms with van der Waals surface area (Å²) in [6, 6.07) is 7.64. The predicted octanol–water partition coefficient (Wildman–Crippen LogP) is 4.67. The maximum atomic E-state index is 13.4. The van der Waals surface area contributed by atoms with E-state index in [1.54, 1.807) is 0 Å². The Bertz CT molecular complexity index is 969. The lowest BCUT2D eigenvalue weighted by Gasteiger charge is -2.14. The molecule has 2 fully saturated rings. The molecular formula is C27H33NO4S2. The van der Waals surface area contributed by atoms with Crippen LogP contribution in [0.2, 0.25) is 0 Å². The standard InChI is InChI=1S/C27H33NO4S2/c29-16-21(17-30)14-20-6-3-7-26(33-18-20)28-27(31)25(15-19-4-1-2-5-19)22-8-10-23(11-9-22)34(32)24-12-13-24/h3,6-11,15,18-19,21,24,29-30H,1-2,4-5,12-14,16-17H2,(H,28,31)/b25-15+. The molecule has 0 saturated heterocycles. The molecule has 2 aliphatic carbocycles. The van der Waals surface area contributed by atoms with E-state index in [2.05, 4.69) is 11.4 Å². The Kier molecular flexibility index (Phi) is 9.14. The number of amides is 1. The average molecular weight is 500 g/mol. The Morgan fingerprint density at radius 1 is 1.15 bits per heavy atom. The number of hydrogen-bond donors (Lipinski definition) is 3. The van der Waals surface area contributed by atoms with Gasteiger partial charge in [0, 0.05) is 37.5 Å². The Morgan fingerprint density at radius 2 is 1.85 bits per heavy atom. The third-order valence-electron chi connectivity index (χ3n) is 6.44. The van der Waals surface area contributed by atoms with Crippen molar-refractivity contribution < 1.29 is 19.6 Å². The van der Waals surface area contributed by atoms with Crippen LogP contribution < -0.4 is 5.32 Å². The minimum atomic E-state index is -0.955. The summed E-state index contributed by atoms with van der Waals surface area (Å²) < 4.78 is 12.5. The van der Waals surface area contributed by atoms with Gasteiger partial charge in [0.1, 0.15) is 5.25 Å². The molecule has 0 radical (unpaired) electrons. The number of carbonyl (C=O) groups excluding carboxylic acids is 1. The van der Waals surface area contributed by atoms with E-state index in [0.29, 0.717) is 17.9 Å². The molecule has 0 aromatic heterocycles. The zero-order valence-corrected chi connectivity index (χ0v) is 21.0. The molecule has 1 unspecified atom stereocenters. The molecule has 1 aromatic carbocycles. The van der Waals surface area contributed by atoms with E-state index in [-0.39, 0.29) is 30.3 Å². The van der Waals surface area contributed by atoms with Crippen molar-refractivity contribution in [3.63, 3.8) is 0 Å². The number of aliphatic hydroxyl groups excluding tert-OH is 2. The van der Waals surface area contributed by atoms with Crippen LogP contribution in [0.4, 0.5) is 0 Å². The highest BCUT2D eigenvalue weighted by Gasteiger charge is 2.35. The monoisotopic (exact) mass is 499 g/mol. The van der Waals surface area contributed by atoms with Crippen molar-refractivity contribution in [1.82, 2.24) is 5.32 Å². The molecule has 2 saturated carbocycles. The van der Waals surface area contributed by atoms with Crippen molar-refractivity contribution in [2.45, 2.75) is 55.1 Å². The second-order valence-electron chi connectivity index (χ2n) is 9.24. The van der Waals surface area contributed by atoms with Gasteiger partial charge in [-0.1, -0.05) is 42.8 Å². The van der Waals surface area contributed by atoms with Crippen molar-refractivity contribution in [2.75, 3.05) is 13.2 Å². The molecule has 4 rings (SSSR count). The van der Waals surface area contributed by atoms with Crippen LogP contribution in [0.1, 0.15) is 50.5 Å². The molecule has 1 amide bonds. The Labute approximate surface area is 209 Å². The summed E-state index contributed by atoms with van der Waals surface area (Å²) in [7, 11) is 0. The van der Waals surface area contributed by atoms with E-state index in [9.17, 15) is 19.6 Å². The number of hydrogen-bond acceptors (Lipinski definition) is 5. The highest BCUT2D eigenvalue weighted by molar-refractivity contribution is 8.05. The lowest BCUT2D eigenvalue weighted by Crippen LogP contribution is -2.23. The molecule has 1 aliphatic heterocycles. The van der Waals surface area contributed by atoms with Crippen LogP contribution in [-0.2, 0) is 16.0 Å². The molecule has 3 N–H and O–H groups in total. The molecule has 3 aliphatic rings. The van der Waals surface area contributed by atoms with Gasteiger partial charge in [-0.15, -0.1) is 0 Å². The van der Waals surface area contributed by atoms with Crippen LogP contribution in [0, 0.1) is 11.8 Å². The van der Waals surface area contributed by atoms with Gasteiger partial charge in [-0.25, -0.2) is 0 Å². The minimum Gasteiger partial charge on any atom is -0.611 e. The first-order valence-corrected chi connectivity index (χ1v) is 14.2. The fraction of sp³-hybridized carbons (Fsp3) is 0.444. The van der Waals surface area contributed by atoms with Gasteiger partial charge in [-0.05, 0) is 83.2 Å². The molecular weight excluding hydrogens is 466 g/mol. The van der Waals surface area contributed by atoms with Crippen molar-refractivity contribution in [3.8, 4) is 0 Å². The number of nitrogens with one attached hydrogen (secondary N) is 1. The first-order valence-electron chi connectivity index (χ1n) is 12.1. The van der Waals surface area contributed by atoms with E-state index in [0.717, 1.165) is 46.7 Å². The van der Waals surface area contributed by atoms with Crippen molar-refractivity contribution in [2.24, 2.45) is 11.8 Å². The first kappa shape index (κ1) is 25.3. The molecule has 1 aromatic rings. The smallest absolute Gasteiger partial charge is 0.256 e. The van der Waals surface area contributed by atoms with E-state index >= 15 is 0 Å². The summed E-state index contributed by atoms with van der Waals surface area (Å²) in [5.74, 6) is 0.0680. The topological polar surface area (TPSA) is 92.6 Å². The summed E-state index contributed by atoms with van der Waals surface area (Å²) in [5, 5.41) is 24.7. The predicted molar refractivity (Wildman–Crippen MR) is 139 cm³/mol. The lowest BCUT2D eigenvalue weighted by molar-refractivity contribution is -0.114. The van der Waals surface area contributed by atoms with Crippen LogP contribution in [0.5, 0.6) is 0 Å². The molecule has 34 heavy (non-hydrogen) atoms. The molecule has 1 heterocycles. The van der Waals surface area contributed by atoms with E-state index in [4.69, 9.17) is 0 Å². The van der Waals surface area contributed by atoms with Crippen molar-refractivity contribution in [3.05, 3.63) is 70.1 Å². The second kappa shape index (κ2) is 12.3. The molecule has 1 atom stereocenters. The van der Waals surface area contributed by atoms with Gasteiger partial charge in [0.05, 0.1) is 5.03 Å². The maximum Gasteiger partial charge on any atom is 0.256 e. The van der Waals surface area contributed by atoms with Crippen molar-refractivity contribution >= 4 is 34.4 Å². The van der Waals surface area contributed by atoms with Gasteiger partial charge >= 0.3 is 0 Å². The largest absolute Gasteiger partial charge is 0.611 e. The van der Waals surface area contributed by atoms with E-state index in [1.807, 2.05) is 47.9 Å². The summed E-state index contributed by atoms with van der Waals surface area (Å²) >= 11 is 0.474. The van der Waals surface area contributed by atoms with Gasteiger partial charge in [-0.3, -0.25) is 4.79 Å². The fourth-order valence-corrected chi connectivity index (χ4v) is 6.38. The summed E-state index contributed by atoms with van der Waals surface area (Å²) in [4.78, 5) is 14.2. The number of benzene rings is 1. The maximum absolute atomic E-state index is 13.4. The number of rotatable bonds is 10. The lowest BCUT2D eigenvalue weighted by atomic mass is 9.98. The van der Waals surface area contributed by atoms with Gasteiger partial charge in [-0.2, -0.15) is 0 Å². The summed E-state index contributed by atoms with van der Waals surface area (Å²) in [6.07, 6.45) is 15.0. The Hall–Kier alpha value is -1.77. The molecule has 0 spiro atoms. The Morgan fingerprint density at radius 3 is 2.50 bits per heavy atom. The van der Waals surface area contributed by atoms with Crippen molar-refractivity contribution in [1.29, 1.82) is 0 Å².